The molecule has 1 aliphatic carbocycles. The van der Waals surface area contributed by atoms with Gasteiger partial charge >= 0.3 is 0 Å². The predicted octanol–water partition coefficient (Wildman–Crippen LogP) is 0.818. The Hall–Kier alpha value is -0.970. The molecule has 0 heterocycles. The number of carbonyl (C=O) groups excluding carboxylic acids is 1. The van der Waals surface area contributed by atoms with Crippen LogP contribution in [0.1, 0.15) is 26.2 Å². The maximum absolute atomic E-state index is 11.7. The number of allylic oxidation sites excluding steroid dienone is 4. The van der Waals surface area contributed by atoms with Crippen LogP contribution in [0.25, 0.3) is 0 Å². The predicted molar refractivity (Wildman–Crippen MR) is 68.9 cm³/mol. The number of aliphatic hydroxyl groups is 3. The quantitative estimate of drug-likeness (QED) is 0.635. The van der Waals surface area contributed by atoms with E-state index in [4.69, 9.17) is 0 Å². The van der Waals surface area contributed by atoms with Gasteiger partial charge in [-0.05, 0) is 18.8 Å². The Bertz CT molecular complexity index is 322. The minimum atomic E-state index is -1.36. The summed E-state index contributed by atoms with van der Waals surface area (Å²) in [5.41, 5.74) is 0. The maximum Gasteiger partial charge on any atom is 0.169 e. The first-order valence-corrected chi connectivity index (χ1v) is 6.45. The summed E-state index contributed by atoms with van der Waals surface area (Å²) in [6, 6.07) is 0. The second-order valence-electron chi connectivity index (χ2n) is 4.70. The van der Waals surface area contributed by atoms with Gasteiger partial charge in [-0.2, -0.15) is 0 Å². The number of hydrogen-bond acceptors (Lipinski definition) is 4. The lowest BCUT2D eigenvalue weighted by atomic mass is 9.75. The molecule has 0 aromatic carbocycles. The van der Waals surface area contributed by atoms with Crippen molar-refractivity contribution in [3.63, 3.8) is 0 Å². The second-order valence-corrected chi connectivity index (χ2v) is 4.70. The van der Waals surface area contributed by atoms with Crippen LogP contribution in [-0.2, 0) is 4.79 Å². The molecule has 0 aliphatic heterocycles. The van der Waals surface area contributed by atoms with Crippen molar-refractivity contribution in [1.29, 1.82) is 0 Å². The third-order valence-corrected chi connectivity index (χ3v) is 3.31. The van der Waals surface area contributed by atoms with Crippen LogP contribution >= 0.6 is 0 Å². The number of rotatable bonds is 5. The molecule has 1 saturated carbocycles. The zero-order valence-corrected chi connectivity index (χ0v) is 10.7. The van der Waals surface area contributed by atoms with E-state index >= 15 is 0 Å². The molecule has 18 heavy (non-hydrogen) atoms. The van der Waals surface area contributed by atoms with Gasteiger partial charge in [-0.25, -0.2) is 0 Å². The Morgan fingerprint density at radius 3 is 2.67 bits per heavy atom. The second kappa shape index (κ2) is 7.46. The highest BCUT2D eigenvalue weighted by Crippen LogP contribution is 2.28. The summed E-state index contributed by atoms with van der Waals surface area (Å²) in [6.45, 7) is 1.80. The maximum atomic E-state index is 11.7. The first-order valence-electron chi connectivity index (χ1n) is 6.45. The minimum absolute atomic E-state index is 0.216. The van der Waals surface area contributed by atoms with Crippen LogP contribution in [0, 0.1) is 11.8 Å². The molecule has 1 rings (SSSR count). The largest absolute Gasteiger partial charge is 0.396 e. The van der Waals surface area contributed by atoms with Gasteiger partial charge in [-0.1, -0.05) is 37.6 Å². The number of Topliss-reactive ketones (excluding diaryl/α,β-unsaturated/α-hetero) is 1. The minimum Gasteiger partial charge on any atom is -0.396 e. The van der Waals surface area contributed by atoms with Crippen LogP contribution in [0.5, 0.6) is 0 Å². The Labute approximate surface area is 108 Å². The molecule has 4 heteroatoms. The van der Waals surface area contributed by atoms with Crippen LogP contribution in [0.2, 0.25) is 0 Å². The molecule has 0 unspecified atom stereocenters. The van der Waals surface area contributed by atoms with Crippen molar-refractivity contribution < 1.29 is 20.1 Å². The van der Waals surface area contributed by atoms with Gasteiger partial charge in [0.25, 0.3) is 0 Å². The molecule has 1 aliphatic rings. The topological polar surface area (TPSA) is 77.8 Å². The van der Waals surface area contributed by atoms with E-state index in [9.17, 15) is 20.1 Å². The van der Waals surface area contributed by atoms with Crippen molar-refractivity contribution in [2.75, 3.05) is 6.61 Å². The van der Waals surface area contributed by atoms with E-state index in [0.717, 1.165) is 12.8 Å². The first kappa shape index (κ1) is 15.1. The third-order valence-electron chi connectivity index (χ3n) is 3.31. The van der Waals surface area contributed by atoms with Gasteiger partial charge in [0.2, 0.25) is 0 Å². The SMILES string of the molecule is CCC/C=C/C=C/[C@H]1C[C@@H](O)[C@@H](O)C(=O)[C@H]1CO. The fourth-order valence-electron chi connectivity index (χ4n) is 2.18. The van der Waals surface area contributed by atoms with Gasteiger partial charge in [0, 0.05) is 5.92 Å². The summed E-state index contributed by atoms with van der Waals surface area (Å²) in [5.74, 6) is -1.30. The molecule has 0 radical (unpaired) electrons. The lowest BCUT2D eigenvalue weighted by Gasteiger charge is -2.33. The van der Waals surface area contributed by atoms with Crippen LogP contribution in [0.15, 0.2) is 24.3 Å². The molecule has 0 bridgehead atoms. The summed E-state index contributed by atoms with van der Waals surface area (Å²) in [5, 5.41) is 28.2. The van der Waals surface area contributed by atoms with Gasteiger partial charge in [0.05, 0.1) is 12.7 Å². The summed E-state index contributed by atoms with van der Waals surface area (Å²) in [6.07, 6.45) is 7.57. The number of ketones is 1. The van der Waals surface area contributed by atoms with Crippen LogP contribution in [0.3, 0.4) is 0 Å². The van der Waals surface area contributed by atoms with Crippen molar-refractivity contribution >= 4 is 5.78 Å². The van der Waals surface area contributed by atoms with E-state index in [1.165, 1.54) is 0 Å². The monoisotopic (exact) mass is 254 g/mol. The average Bonchev–Trinajstić information content (AvgIpc) is 2.36. The fraction of sp³-hybridized carbons (Fsp3) is 0.643. The molecule has 0 spiro atoms. The summed E-state index contributed by atoms with van der Waals surface area (Å²) in [7, 11) is 0. The lowest BCUT2D eigenvalue weighted by Crippen LogP contribution is -2.48. The van der Waals surface area contributed by atoms with Crippen molar-refractivity contribution in [3.05, 3.63) is 24.3 Å². The molecule has 3 N–H and O–H groups in total. The smallest absolute Gasteiger partial charge is 0.169 e. The van der Waals surface area contributed by atoms with Gasteiger partial charge in [0.1, 0.15) is 6.10 Å². The normalized spacial score (nSPS) is 33.7. The fourth-order valence-corrected chi connectivity index (χ4v) is 2.18. The number of unbranched alkanes of at least 4 members (excludes halogenated alkanes) is 1. The summed E-state index contributed by atoms with van der Waals surface area (Å²) >= 11 is 0. The highest BCUT2D eigenvalue weighted by molar-refractivity contribution is 5.87. The Kier molecular flexibility index (Phi) is 6.25. The molecule has 4 nitrogen and oxygen atoms in total. The van der Waals surface area contributed by atoms with Gasteiger partial charge in [-0.3, -0.25) is 4.79 Å². The highest BCUT2D eigenvalue weighted by atomic mass is 16.3. The number of carbonyl (C=O) groups is 1. The molecule has 1 fully saturated rings. The molecule has 4 atom stereocenters. The molecular weight excluding hydrogens is 232 g/mol. The van der Waals surface area contributed by atoms with Crippen molar-refractivity contribution in [2.24, 2.45) is 11.8 Å². The summed E-state index contributed by atoms with van der Waals surface area (Å²) < 4.78 is 0. The molecule has 0 saturated heterocycles. The lowest BCUT2D eigenvalue weighted by molar-refractivity contribution is -0.146. The van der Waals surface area contributed by atoms with E-state index in [1.54, 1.807) is 0 Å². The zero-order valence-electron chi connectivity index (χ0n) is 10.7. The van der Waals surface area contributed by atoms with Crippen LogP contribution in [0.4, 0.5) is 0 Å². The van der Waals surface area contributed by atoms with E-state index in [0.29, 0.717) is 6.42 Å². The van der Waals surface area contributed by atoms with Crippen molar-refractivity contribution in [3.8, 4) is 0 Å². The van der Waals surface area contributed by atoms with Gasteiger partial charge in [-0.15, -0.1) is 0 Å². The number of aliphatic hydroxyl groups excluding tert-OH is 3. The van der Waals surface area contributed by atoms with E-state index < -0.39 is 23.9 Å². The molecule has 0 aromatic heterocycles. The van der Waals surface area contributed by atoms with Crippen LogP contribution in [-0.4, -0.2) is 39.9 Å². The Morgan fingerprint density at radius 2 is 2.06 bits per heavy atom. The third kappa shape index (κ3) is 3.77. The first-order chi connectivity index (χ1) is 8.61. The number of hydrogen-bond donors (Lipinski definition) is 3. The molecule has 102 valence electrons. The van der Waals surface area contributed by atoms with Crippen LogP contribution < -0.4 is 0 Å². The van der Waals surface area contributed by atoms with Gasteiger partial charge < -0.3 is 15.3 Å². The van der Waals surface area contributed by atoms with Crippen molar-refractivity contribution in [1.82, 2.24) is 0 Å². The molecule has 0 aromatic rings. The molecular formula is C14H22O4. The Morgan fingerprint density at radius 1 is 1.33 bits per heavy atom. The van der Waals surface area contributed by atoms with Crippen molar-refractivity contribution in [2.45, 2.75) is 38.4 Å². The summed E-state index contributed by atoms with van der Waals surface area (Å²) in [4.78, 5) is 11.7. The highest BCUT2D eigenvalue weighted by Gasteiger charge is 2.40. The van der Waals surface area contributed by atoms with Gasteiger partial charge in [0.15, 0.2) is 5.78 Å². The Balaban J connectivity index is 2.65. The molecule has 0 amide bonds. The zero-order chi connectivity index (χ0) is 13.5. The van der Waals surface area contributed by atoms with E-state index in [-0.39, 0.29) is 12.5 Å². The standard InChI is InChI=1S/C14H22O4/c1-2-3-4-5-6-7-10-8-12(16)14(18)13(17)11(10)9-15/h4-7,10-12,14-16,18H,2-3,8-9H2,1H3/b5-4+,7-6+/t10-,11-,12+,14+/m0/s1. The average molecular weight is 254 g/mol. The van der Waals surface area contributed by atoms with E-state index in [2.05, 4.69) is 6.92 Å². The van der Waals surface area contributed by atoms with E-state index in [1.807, 2.05) is 24.3 Å².